The first-order valence-electron chi connectivity index (χ1n) is 7.46. The lowest BCUT2D eigenvalue weighted by atomic mass is 9.87. The van der Waals surface area contributed by atoms with Crippen molar-refractivity contribution in [2.75, 3.05) is 0 Å². The Morgan fingerprint density at radius 2 is 1.59 bits per heavy atom. The Balaban J connectivity index is 1.93. The molecule has 112 valence electrons. The van der Waals surface area contributed by atoms with E-state index in [1.807, 2.05) is 43.3 Å². The van der Waals surface area contributed by atoms with Crippen LogP contribution in [-0.4, -0.2) is 10.1 Å². The summed E-state index contributed by atoms with van der Waals surface area (Å²) in [6, 6.07) is 16.4. The van der Waals surface area contributed by atoms with Crippen molar-refractivity contribution in [3.63, 3.8) is 0 Å². The molecule has 3 nitrogen and oxygen atoms in total. The highest BCUT2D eigenvalue weighted by Crippen LogP contribution is 2.27. The average Bonchev–Trinajstić information content (AvgIpc) is 2.96. The van der Waals surface area contributed by atoms with Crippen molar-refractivity contribution >= 4 is 0 Å². The molecule has 22 heavy (non-hydrogen) atoms. The minimum Gasteiger partial charge on any atom is -0.334 e. The summed E-state index contributed by atoms with van der Waals surface area (Å²) in [5.74, 6) is 1.19. The fourth-order valence-corrected chi connectivity index (χ4v) is 2.38. The fourth-order valence-electron chi connectivity index (χ4n) is 2.38. The average molecular weight is 292 g/mol. The minimum atomic E-state index is 0.141. The molecule has 0 spiro atoms. The molecule has 0 amide bonds. The minimum absolute atomic E-state index is 0.141. The van der Waals surface area contributed by atoms with E-state index in [1.54, 1.807) is 0 Å². The Kier molecular flexibility index (Phi) is 3.57. The summed E-state index contributed by atoms with van der Waals surface area (Å²) in [4.78, 5) is 4.53. The van der Waals surface area contributed by atoms with Crippen LogP contribution in [0.5, 0.6) is 0 Å². The summed E-state index contributed by atoms with van der Waals surface area (Å²) < 4.78 is 5.42. The van der Waals surface area contributed by atoms with Crippen LogP contribution >= 0.6 is 0 Å². The van der Waals surface area contributed by atoms with Crippen molar-refractivity contribution in [3.8, 4) is 22.8 Å². The largest absolute Gasteiger partial charge is 0.334 e. The molecule has 0 bridgehead atoms. The second-order valence-corrected chi connectivity index (χ2v) is 6.57. The first-order valence-corrected chi connectivity index (χ1v) is 7.46. The third-order valence-electron chi connectivity index (χ3n) is 3.81. The number of hydrogen-bond donors (Lipinski definition) is 0. The van der Waals surface area contributed by atoms with E-state index < -0.39 is 0 Å². The van der Waals surface area contributed by atoms with E-state index in [-0.39, 0.29) is 5.41 Å². The molecule has 0 aliphatic heterocycles. The van der Waals surface area contributed by atoms with Gasteiger partial charge in [-0.2, -0.15) is 4.98 Å². The zero-order valence-electron chi connectivity index (χ0n) is 13.4. The second kappa shape index (κ2) is 5.41. The molecule has 0 aliphatic carbocycles. The summed E-state index contributed by atoms with van der Waals surface area (Å²) in [5, 5.41) is 4.11. The van der Waals surface area contributed by atoms with Crippen molar-refractivity contribution < 1.29 is 4.52 Å². The quantitative estimate of drug-likeness (QED) is 0.666. The zero-order chi connectivity index (χ0) is 15.7. The second-order valence-electron chi connectivity index (χ2n) is 6.57. The molecule has 0 N–H and O–H groups in total. The molecule has 0 fully saturated rings. The summed E-state index contributed by atoms with van der Waals surface area (Å²) in [6.45, 7) is 8.64. The van der Waals surface area contributed by atoms with Gasteiger partial charge in [0.1, 0.15) is 0 Å². The molecule has 0 unspecified atom stereocenters. The maximum Gasteiger partial charge on any atom is 0.258 e. The Labute approximate surface area is 131 Å². The van der Waals surface area contributed by atoms with Gasteiger partial charge in [0.25, 0.3) is 5.89 Å². The summed E-state index contributed by atoms with van der Waals surface area (Å²) in [7, 11) is 0. The zero-order valence-corrected chi connectivity index (χ0v) is 13.4. The van der Waals surface area contributed by atoms with Gasteiger partial charge < -0.3 is 4.52 Å². The number of aromatic nitrogens is 2. The van der Waals surface area contributed by atoms with Crippen molar-refractivity contribution in [1.29, 1.82) is 0 Å². The summed E-state index contributed by atoms with van der Waals surface area (Å²) in [6.07, 6.45) is 0. The van der Waals surface area contributed by atoms with E-state index in [9.17, 15) is 0 Å². The van der Waals surface area contributed by atoms with Gasteiger partial charge in [-0.1, -0.05) is 68.4 Å². The van der Waals surface area contributed by atoms with E-state index >= 15 is 0 Å². The van der Waals surface area contributed by atoms with Gasteiger partial charge in [-0.3, -0.25) is 0 Å². The van der Waals surface area contributed by atoms with Crippen LogP contribution in [0, 0.1) is 6.92 Å². The number of aryl methyl sites for hydroxylation is 1. The lowest BCUT2D eigenvalue weighted by molar-refractivity contribution is 0.432. The standard InChI is InChI=1S/C19H20N2O/c1-13-7-5-6-8-16(13)18-20-17(21-22-18)14-9-11-15(12-10-14)19(2,3)4/h5-12H,1-4H3. The smallest absolute Gasteiger partial charge is 0.258 e. The summed E-state index contributed by atoms with van der Waals surface area (Å²) in [5.41, 5.74) is 4.51. The van der Waals surface area contributed by atoms with Crippen LogP contribution in [0.2, 0.25) is 0 Å². The maximum atomic E-state index is 5.42. The first-order chi connectivity index (χ1) is 10.4. The molecule has 0 radical (unpaired) electrons. The lowest BCUT2D eigenvalue weighted by Crippen LogP contribution is -2.10. The molecule has 0 aliphatic rings. The molecule has 0 saturated heterocycles. The highest BCUT2D eigenvalue weighted by molar-refractivity contribution is 5.62. The maximum absolute atomic E-state index is 5.42. The van der Waals surface area contributed by atoms with Crippen LogP contribution in [0.1, 0.15) is 31.9 Å². The molecule has 0 saturated carbocycles. The van der Waals surface area contributed by atoms with Crippen molar-refractivity contribution in [3.05, 3.63) is 59.7 Å². The number of benzene rings is 2. The molecule has 3 aromatic rings. The predicted molar refractivity (Wildman–Crippen MR) is 88.6 cm³/mol. The van der Waals surface area contributed by atoms with E-state index in [4.69, 9.17) is 4.52 Å². The molecule has 2 aromatic carbocycles. The first kappa shape index (κ1) is 14.5. The molecule has 3 heteroatoms. The van der Waals surface area contributed by atoms with Crippen molar-refractivity contribution in [1.82, 2.24) is 10.1 Å². The third kappa shape index (κ3) is 2.80. The van der Waals surface area contributed by atoms with E-state index in [1.165, 1.54) is 5.56 Å². The lowest BCUT2D eigenvalue weighted by Gasteiger charge is -2.18. The number of nitrogens with zero attached hydrogens (tertiary/aromatic N) is 2. The Hall–Kier alpha value is -2.42. The van der Waals surface area contributed by atoms with E-state index in [0.29, 0.717) is 11.7 Å². The van der Waals surface area contributed by atoms with Gasteiger partial charge in [-0.05, 0) is 29.5 Å². The van der Waals surface area contributed by atoms with Crippen LogP contribution in [-0.2, 0) is 5.41 Å². The van der Waals surface area contributed by atoms with Crippen molar-refractivity contribution in [2.45, 2.75) is 33.1 Å². The van der Waals surface area contributed by atoms with Gasteiger partial charge in [-0.15, -0.1) is 0 Å². The number of hydrogen-bond acceptors (Lipinski definition) is 3. The van der Waals surface area contributed by atoms with Crippen LogP contribution < -0.4 is 0 Å². The van der Waals surface area contributed by atoms with Gasteiger partial charge >= 0.3 is 0 Å². The van der Waals surface area contributed by atoms with Crippen LogP contribution in [0.4, 0.5) is 0 Å². The predicted octanol–water partition coefficient (Wildman–Crippen LogP) is 5.01. The molecule has 3 rings (SSSR count). The Morgan fingerprint density at radius 3 is 2.23 bits per heavy atom. The topological polar surface area (TPSA) is 38.9 Å². The third-order valence-corrected chi connectivity index (χ3v) is 3.81. The van der Waals surface area contributed by atoms with E-state index in [2.05, 4.69) is 43.0 Å². The monoisotopic (exact) mass is 292 g/mol. The Morgan fingerprint density at radius 1 is 0.909 bits per heavy atom. The molecule has 0 atom stereocenters. The van der Waals surface area contributed by atoms with Crippen LogP contribution in [0.15, 0.2) is 53.1 Å². The normalized spacial score (nSPS) is 11.6. The molecule has 1 aromatic heterocycles. The highest BCUT2D eigenvalue weighted by Gasteiger charge is 2.15. The van der Waals surface area contributed by atoms with Gasteiger partial charge in [0, 0.05) is 11.1 Å². The molecule has 1 heterocycles. The van der Waals surface area contributed by atoms with Gasteiger partial charge in [0.15, 0.2) is 0 Å². The summed E-state index contributed by atoms with van der Waals surface area (Å²) >= 11 is 0. The van der Waals surface area contributed by atoms with Gasteiger partial charge in [0.2, 0.25) is 5.82 Å². The Bertz CT molecular complexity index is 780. The van der Waals surface area contributed by atoms with E-state index in [0.717, 1.165) is 16.7 Å². The van der Waals surface area contributed by atoms with Crippen LogP contribution in [0.3, 0.4) is 0 Å². The molecular weight excluding hydrogens is 272 g/mol. The number of rotatable bonds is 2. The van der Waals surface area contributed by atoms with Crippen molar-refractivity contribution in [2.24, 2.45) is 0 Å². The van der Waals surface area contributed by atoms with Gasteiger partial charge in [0.05, 0.1) is 0 Å². The van der Waals surface area contributed by atoms with Crippen LogP contribution in [0.25, 0.3) is 22.8 Å². The SMILES string of the molecule is Cc1ccccc1-c1nc(-c2ccc(C(C)(C)C)cc2)no1. The fraction of sp³-hybridized carbons (Fsp3) is 0.263. The highest BCUT2D eigenvalue weighted by atomic mass is 16.5. The molecular formula is C19H20N2O. The van der Waals surface area contributed by atoms with Gasteiger partial charge in [-0.25, -0.2) is 0 Å².